The Balaban J connectivity index is 6.74. The van der Waals surface area contributed by atoms with Gasteiger partial charge in [0.05, 0.1) is 0 Å². The lowest BCUT2D eigenvalue weighted by Crippen LogP contribution is -2.31. The summed E-state index contributed by atoms with van der Waals surface area (Å²) in [4.78, 5) is 0. The maximum atomic E-state index is 9.29. The minimum atomic E-state index is -0.686. The van der Waals surface area contributed by atoms with Crippen molar-refractivity contribution < 1.29 is 0 Å². The Labute approximate surface area is 149 Å². The van der Waals surface area contributed by atoms with E-state index in [1.807, 2.05) is 39.8 Å². The Morgan fingerprint density at radius 3 is 1.48 bits per heavy atom. The quantitative estimate of drug-likeness (QED) is 0.322. The third kappa shape index (κ3) is 5.76. The fourth-order valence-corrected chi connectivity index (χ4v) is 2.24. The van der Waals surface area contributed by atoms with Gasteiger partial charge in [-0.1, -0.05) is 26.0 Å². The lowest BCUT2D eigenvalue weighted by molar-refractivity contribution is 0.168. The van der Waals surface area contributed by atoms with Crippen LogP contribution in [0, 0.1) is 50.7 Å². The van der Waals surface area contributed by atoms with Crippen LogP contribution in [-0.4, -0.2) is 17.1 Å². The largest absolute Gasteiger partial charge is 0.273 e. The van der Waals surface area contributed by atoms with Crippen molar-refractivity contribution in [1.29, 1.82) is 21.0 Å². The molecule has 0 saturated heterocycles. The van der Waals surface area contributed by atoms with Gasteiger partial charge in [-0.25, -0.2) is 0 Å². The van der Waals surface area contributed by atoms with Crippen molar-refractivity contribution in [2.45, 2.75) is 60.5 Å². The molecule has 0 bridgehead atoms. The zero-order chi connectivity index (χ0) is 19.8. The Bertz CT molecular complexity index is 708. The highest BCUT2D eigenvalue weighted by molar-refractivity contribution is 5.57. The summed E-state index contributed by atoms with van der Waals surface area (Å²) >= 11 is 0. The molecule has 0 aromatic rings. The molecule has 0 heterocycles. The number of hydrogen-bond acceptors (Lipinski definition) is 6. The number of allylic oxidation sites excluding steroid dienone is 3. The molecule has 25 heavy (non-hydrogen) atoms. The first kappa shape index (κ1) is 21.8. The highest BCUT2D eigenvalue weighted by Gasteiger charge is 2.28. The Kier molecular flexibility index (Phi) is 8.05. The molecule has 0 fully saturated rings. The molecular formula is C18H23N7. The summed E-state index contributed by atoms with van der Waals surface area (Å²) in [5.41, 5.74) is -0.975. The fourth-order valence-electron chi connectivity index (χ4n) is 2.24. The lowest BCUT2D eigenvalue weighted by atomic mass is 9.80. The Morgan fingerprint density at radius 2 is 1.20 bits per heavy atom. The van der Waals surface area contributed by atoms with Gasteiger partial charge in [0, 0.05) is 17.7 Å². The lowest BCUT2D eigenvalue weighted by Gasteiger charge is -2.27. The molecular weight excluding hydrogens is 314 g/mol. The molecule has 0 amide bonds. The predicted molar refractivity (Wildman–Crippen MR) is 92.9 cm³/mol. The highest BCUT2D eigenvalue weighted by atomic mass is 15.6. The van der Waals surface area contributed by atoms with Crippen LogP contribution < -0.4 is 0 Å². The molecule has 7 heteroatoms. The van der Waals surface area contributed by atoms with Gasteiger partial charge < -0.3 is 0 Å². The van der Waals surface area contributed by atoms with Gasteiger partial charge in [0.25, 0.3) is 0 Å². The Hall–Kier alpha value is -3.16. The predicted octanol–water partition coefficient (Wildman–Crippen LogP) is 4.16. The molecule has 0 spiro atoms. The van der Waals surface area contributed by atoms with Crippen LogP contribution in [0.5, 0.6) is 0 Å². The van der Waals surface area contributed by atoms with Crippen LogP contribution in [0.4, 0.5) is 0 Å². The molecule has 0 aliphatic heterocycles. The van der Waals surface area contributed by atoms with E-state index in [0.717, 1.165) is 0 Å². The van der Waals surface area contributed by atoms with E-state index in [-0.39, 0.29) is 34.5 Å². The van der Waals surface area contributed by atoms with Crippen LogP contribution in [0.3, 0.4) is 0 Å². The molecule has 7 nitrogen and oxygen atoms in total. The standard InChI is InChI=1S/C18H23N7/c1-12(2)25(13(3)4)24-23-17(15(10-21)11-22)16(18(5,6)7)14(8-19)9-20/h12-13H,1-7H3. The van der Waals surface area contributed by atoms with E-state index in [0.29, 0.717) is 0 Å². The van der Waals surface area contributed by atoms with E-state index in [2.05, 4.69) is 10.3 Å². The van der Waals surface area contributed by atoms with E-state index < -0.39 is 5.41 Å². The molecule has 0 rings (SSSR count). The fraction of sp³-hybridized carbons (Fsp3) is 0.556. The number of nitriles is 4. The molecule has 0 unspecified atom stereocenters. The molecule has 0 N–H and O–H groups in total. The van der Waals surface area contributed by atoms with Crippen molar-refractivity contribution in [2.24, 2.45) is 15.8 Å². The minimum Gasteiger partial charge on any atom is -0.273 e. The van der Waals surface area contributed by atoms with Crippen LogP contribution in [0.1, 0.15) is 48.5 Å². The van der Waals surface area contributed by atoms with Gasteiger partial charge in [0.15, 0.2) is 5.57 Å². The first-order chi connectivity index (χ1) is 11.5. The van der Waals surface area contributed by atoms with Gasteiger partial charge in [0.1, 0.15) is 35.5 Å². The average Bonchev–Trinajstić information content (AvgIpc) is 2.50. The zero-order valence-electron chi connectivity index (χ0n) is 15.8. The highest BCUT2D eigenvalue weighted by Crippen LogP contribution is 2.36. The second-order valence-electron chi connectivity index (χ2n) is 6.93. The minimum absolute atomic E-state index is 0.0399. The maximum absolute atomic E-state index is 9.29. The summed E-state index contributed by atoms with van der Waals surface area (Å²) in [5, 5.41) is 47.2. The van der Waals surface area contributed by atoms with E-state index in [1.165, 1.54) is 0 Å². The summed E-state index contributed by atoms with van der Waals surface area (Å²) in [6.07, 6.45) is 0. The summed E-state index contributed by atoms with van der Waals surface area (Å²) in [6, 6.07) is 7.31. The van der Waals surface area contributed by atoms with Crippen molar-refractivity contribution >= 4 is 0 Å². The second kappa shape index (κ2) is 9.21. The van der Waals surface area contributed by atoms with Crippen LogP contribution in [0.25, 0.3) is 0 Å². The van der Waals surface area contributed by atoms with Gasteiger partial charge in [0.2, 0.25) is 0 Å². The first-order valence-corrected chi connectivity index (χ1v) is 7.84. The molecule has 0 aromatic carbocycles. The zero-order valence-corrected chi connectivity index (χ0v) is 15.8. The van der Waals surface area contributed by atoms with Crippen LogP contribution >= 0.6 is 0 Å². The molecule has 0 radical (unpaired) electrons. The van der Waals surface area contributed by atoms with Gasteiger partial charge in [-0.05, 0) is 33.1 Å². The van der Waals surface area contributed by atoms with Crippen LogP contribution in [0.15, 0.2) is 32.8 Å². The molecule has 0 aromatic heterocycles. The molecule has 130 valence electrons. The summed E-state index contributed by atoms with van der Waals surface area (Å²) in [6.45, 7) is 13.1. The second-order valence-corrected chi connectivity index (χ2v) is 6.93. The summed E-state index contributed by atoms with van der Waals surface area (Å²) in [5.74, 6) is 0. The summed E-state index contributed by atoms with van der Waals surface area (Å²) in [7, 11) is 0. The van der Waals surface area contributed by atoms with Crippen LogP contribution in [-0.2, 0) is 0 Å². The van der Waals surface area contributed by atoms with Crippen molar-refractivity contribution in [3.63, 3.8) is 0 Å². The summed E-state index contributed by atoms with van der Waals surface area (Å²) < 4.78 is 0. The maximum Gasteiger partial charge on any atom is 0.157 e. The molecule has 0 aliphatic rings. The van der Waals surface area contributed by atoms with E-state index in [4.69, 9.17) is 0 Å². The van der Waals surface area contributed by atoms with Crippen molar-refractivity contribution in [1.82, 2.24) is 5.01 Å². The van der Waals surface area contributed by atoms with Crippen molar-refractivity contribution in [3.05, 3.63) is 22.4 Å². The van der Waals surface area contributed by atoms with Crippen LogP contribution in [0.2, 0.25) is 0 Å². The number of rotatable bonds is 5. The monoisotopic (exact) mass is 337 g/mol. The Morgan fingerprint density at radius 1 is 0.800 bits per heavy atom. The number of hydrogen-bond donors (Lipinski definition) is 0. The van der Waals surface area contributed by atoms with Gasteiger partial charge >= 0.3 is 0 Å². The number of nitrogens with zero attached hydrogens (tertiary/aromatic N) is 7. The van der Waals surface area contributed by atoms with Crippen molar-refractivity contribution in [3.8, 4) is 24.3 Å². The smallest absolute Gasteiger partial charge is 0.157 e. The van der Waals surface area contributed by atoms with E-state index >= 15 is 0 Å². The molecule has 0 saturated carbocycles. The van der Waals surface area contributed by atoms with Gasteiger partial charge in [-0.3, -0.25) is 5.01 Å². The van der Waals surface area contributed by atoms with E-state index in [9.17, 15) is 21.0 Å². The topological polar surface area (TPSA) is 123 Å². The third-order valence-electron chi connectivity index (χ3n) is 3.23. The van der Waals surface area contributed by atoms with E-state index in [1.54, 1.807) is 37.9 Å². The third-order valence-corrected chi connectivity index (χ3v) is 3.23. The first-order valence-electron chi connectivity index (χ1n) is 7.84. The average molecular weight is 337 g/mol. The van der Waals surface area contributed by atoms with Crippen molar-refractivity contribution in [2.75, 3.05) is 0 Å². The SMILES string of the molecule is CC(C)N(N=NC(=C(C#N)C#N)C(=C(C#N)C#N)C(C)(C)C)C(C)C. The molecule has 0 atom stereocenters. The normalized spacial score (nSPS) is 10.6. The van der Waals surface area contributed by atoms with Gasteiger partial charge in [-0.15, -0.1) is 5.11 Å². The molecule has 0 aliphatic carbocycles. The van der Waals surface area contributed by atoms with Gasteiger partial charge in [-0.2, -0.15) is 21.0 Å².